The highest BCUT2D eigenvalue weighted by Gasteiger charge is 2.13. The van der Waals surface area contributed by atoms with Gasteiger partial charge in [0.2, 0.25) is 5.91 Å². The van der Waals surface area contributed by atoms with Crippen LogP contribution in [0.5, 0.6) is 0 Å². The normalized spacial score (nSPS) is 12.1. The molecule has 0 bridgehead atoms. The van der Waals surface area contributed by atoms with E-state index in [4.69, 9.17) is 11.6 Å². The molecule has 3 aromatic rings. The Hall–Kier alpha value is -2.31. The molecule has 0 radical (unpaired) electrons. The van der Waals surface area contributed by atoms with Gasteiger partial charge in [-0.2, -0.15) is 0 Å². The molecule has 0 fully saturated rings. The zero-order valence-corrected chi connectivity index (χ0v) is 19.0. The zero-order chi connectivity index (χ0) is 21.7. The highest BCUT2D eigenvalue weighted by Crippen LogP contribution is 2.22. The van der Waals surface area contributed by atoms with Crippen molar-refractivity contribution in [1.82, 2.24) is 9.55 Å². The predicted molar refractivity (Wildman–Crippen MR) is 126 cm³/mol. The highest BCUT2D eigenvalue weighted by atomic mass is 35.5. The van der Waals surface area contributed by atoms with E-state index >= 15 is 0 Å². The number of thioether (sulfide) groups is 1. The fourth-order valence-corrected chi connectivity index (χ4v) is 4.15. The summed E-state index contributed by atoms with van der Waals surface area (Å²) in [5.41, 5.74) is 2.45. The van der Waals surface area contributed by atoms with Crippen LogP contribution in [0.15, 0.2) is 52.4 Å². The molecule has 0 aliphatic carbocycles. The average molecular weight is 444 g/mol. The molecule has 0 aliphatic rings. The molecule has 3 rings (SSSR count). The fourth-order valence-electron chi connectivity index (χ4n) is 3.16. The Morgan fingerprint density at radius 2 is 1.93 bits per heavy atom. The van der Waals surface area contributed by atoms with Crippen LogP contribution in [0.3, 0.4) is 0 Å². The monoisotopic (exact) mass is 443 g/mol. The highest BCUT2D eigenvalue weighted by molar-refractivity contribution is 7.99. The number of benzene rings is 2. The number of rotatable bonds is 8. The van der Waals surface area contributed by atoms with E-state index in [1.165, 1.54) is 17.3 Å². The van der Waals surface area contributed by atoms with Crippen LogP contribution >= 0.6 is 23.4 Å². The lowest BCUT2D eigenvalue weighted by atomic mass is 9.99. The van der Waals surface area contributed by atoms with Crippen molar-refractivity contribution in [3.05, 3.63) is 63.4 Å². The van der Waals surface area contributed by atoms with E-state index in [0.29, 0.717) is 33.5 Å². The van der Waals surface area contributed by atoms with Crippen LogP contribution in [-0.2, 0) is 11.3 Å². The molecular weight excluding hydrogens is 418 g/mol. The van der Waals surface area contributed by atoms with Gasteiger partial charge in [0.15, 0.2) is 5.16 Å². The standard InChI is InChI=1S/C23H26ClN3O2S/c1-4-12-27-22(29)19-11-8-17(24)13-20(19)26-23(27)30-14-21(28)25-18-9-6-16(7-10-18)15(3)5-2/h6-11,13,15H,4-5,12,14H2,1-3H3,(H,25,28). The van der Waals surface area contributed by atoms with E-state index in [1.54, 1.807) is 22.8 Å². The molecule has 0 aliphatic heterocycles. The predicted octanol–water partition coefficient (Wildman–Crippen LogP) is 5.70. The molecule has 1 N–H and O–H groups in total. The van der Waals surface area contributed by atoms with E-state index < -0.39 is 0 Å². The fraction of sp³-hybridized carbons (Fsp3) is 0.348. The number of anilines is 1. The summed E-state index contributed by atoms with van der Waals surface area (Å²) < 4.78 is 1.63. The number of hydrogen-bond acceptors (Lipinski definition) is 4. The molecule has 30 heavy (non-hydrogen) atoms. The third-order valence-electron chi connectivity index (χ3n) is 5.04. The number of nitrogens with one attached hydrogen (secondary N) is 1. The summed E-state index contributed by atoms with van der Waals surface area (Å²) in [6, 6.07) is 13.0. The van der Waals surface area contributed by atoms with Crippen LogP contribution in [0.25, 0.3) is 10.9 Å². The Bertz CT molecular complexity index is 1100. The van der Waals surface area contributed by atoms with Crippen LogP contribution in [0.1, 0.15) is 45.1 Å². The number of carbonyl (C=O) groups is 1. The molecule has 5 nitrogen and oxygen atoms in total. The van der Waals surface area contributed by atoms with Crippen molar-refractivity contribution in [1.29, 1.82) is 0 Å². The van der Waals surface area contributed by atoms with Gasteiger partial charge in [0.05, 0.1) is 16.7 Å². The number of fused-ring (bicyclic) bond motifs is 1. The van der Waals surface area contributed by atoms with E-state index in [2.05, 4.69) is 24.1 Å². The molecular formula is C23H26ClN3O2S. The van der Waals surface area contributed by atoms with Gasteiger partial charge in [-0.25, -0.2) is 4.98 Å². The number of nitrogens with zero attached hydrogens (tertiary/aromatic N) is 2. The minimum absolute atomic E-state index is 0.109. The first kappa shape index (κ1) is 22.4. The van der Waals surface area contributed by atoms with Crippen molar-refractivity contribution >= 4 is 45.9 Å². The third-order valence-corrected chi connectivity index (χ3v) is 6.25. The van der Waals surface area contributed by atoms with Gasteiger partial charge >= 0.3 is 0 Å². The van der Waals surface area contributed by atoms with Gasteiger partial charge in [-0.15, -0.1) is 0 Å². The van der Waals surface area contributed by atoms with Crippen molar-refractivity contribution in [2.45, 2.75) is 51.2 Å². The van der Waals surface area contributed by atoms with E-state index in [9.17, 15) is 9.59 Å². The molecule has 158 valence electrons. The lowest BCUT2D eigenvalue weighted by Gasteiger charge is -2.13. The maximum Gasteiger partial charge on any atom is 0.262 e. The molecule has 1 heterocycles. The molecule has 0 saturated heterocycles. The second kappa shape index (κ2) is 10.1. The van der Waals surface area contributed by atoms with Crippen LogP contribution in [0, 0.1) is 0 Å². The van der Waals surface area contributed by atoms with Crippen LogP contribution in [0.4, 0.5) is 5.69 Å². The maximum absolute atomic E-state index is 12.9. The van der Waals surface area contributed by atoms with Crippen molar-refractivity contribution in [3.8, 4) is 0 Å². The number of amides is 1. The summed E-state index contributed by atoms with van der Waals surface area (Å²) in [4.78, 5) is 29.9. The maximum atomic E-state index is 12.9. The zero-order valence-electron chi connectivity index (χ0n) is 17.4. The summed E-state index contributed by atoms with van der Waals surface area (Å²) in [6.07, 6.45) is 1.87. The summed E-state index contributed by atoms with van der Waals surface area (Å²) in [5.74, 6) is 0.517. The van der Waals surface area contributed by atoms with E-state index in [1.807, 2.05) is 31.2 Å². The van der Waals surface area contributed by atoms with E-state index in [0.717, 1.165) is 18.5 Å². The van der Waals surface area contributed by atoms with Crippen LogP contribution < -0.4 is 10.9 Å². The van der Waals surface area contributed by atoms with Crippen molar-refractivity contribution in [3.63, 3.8) is 0 Å². The smallest absolute Gasteiger partial charge is 0.262 e. The van der Waals surface area contributed by atoms with Crippen LogP contribution in [-0.4, -0.2) is 21.2 Å². The van der Waals surface area contributed by atoms with Gasteiger partial charge in [0.25, 0.3) is 5.56 Å². The first-order valence-corrected chi connectivity index (χ1v) is 11.5. The topological polar surface area (TPSA) is 64.0 Å². The number of carbonyl (C=O) groups excluding carboxylic acids is 1. The Morgan fingerprint density at radius 1 is 1.20 bits per heavy atom. The number of aromatic nitrogens is 2. The van der Waals surface area contributed by atoms with Crippen LogP contribution in [0.2, 0.25) is 5.02 Å². The lowest BCUT2D eigenvalue weighted by Crippen LogP contribution is -2.24. The van der Waals surface area contributed by atoms with Crippen molar-refractivity contribution < 1.29 is 4.79 Å². The molecule has 2 aromatic carbocycles. The minimum atomic E-state index is -0.139. The Morgan fingerprint density at radius 3 is 2.60 bits per heavy atom. The summed E-state index contributed by atoms with van der Waals surface area (Å²) in [7, 11) is 0. The van der Waals surface area contributed by atoms with Gasteiger partial charge in [0, 0.05) is 17.3 Å². The van der Waals surface area contributed by atoms with Gasteiger partial charge in [-0.3, -0.25) is 14.2 Å². The molecule has 7 heteroatoms. The van der Waals surface area contributed by atoms with Gasteiger partial charge in [0.1, 0.15) is 0 Å². The Labute approximate surface area is 185 Å². The summed E-state index contributed by atoms with van der Waals surface area (Å²) in [6.45, 7) is 6.89. The second-order valence-electron chi connectivity index (χ2n) is 7.28. The molecule has 0 spiro atoms. The van der Waals surface area contributed by atoms with Gasteiger partial charge in [-0.1, -0.05) is 56.3 Å². The Balaban J connectivity index is 1.75. The first-order valence-electron chi connectivity index (χ1n) is 10.2. The summed E-state index contributed by atoms with van der Waals surface area (Å²) in [5, 5.41) is 4.50. The average Bonchev–Trinajstić information content (AvgIpc) is 2.74. The second-order valence-corrected chi connectivity index (χ2v) is 8.66. The largest absolute Gasteiger partial charge is 0.325 e. The molecule has 1 unspecified atom stereocenters. The van der Waals surface area contributed by atoms with Crippen molar-refractivity contribution in [2.75, 3.05) is 11.1 Å². The molecule has 1 atom stereocenters. The molecule has 1 aromatic heterocycles. The Kier molecular flexibility index (Phi) is 7.56. The summed E-state index contributed by atoms with van der Waals surface area (Å²) >= 11 is 7.32. The van der Waals surface area contributed by atoms with Gasteiger partial charge < -0.3 is 5.32 Å². The first-order chi connectivity index (χ1) is 14.4. The molecule has 0 saturated carbocycles. The SMILES string of the molecule is CCCn1c(SCC(=O)Nc2ccc(C(C)CC)cc2)nc2cc(Cl)ccc2c1=O. The van der Waals surface area contributed by atoms with Gasteiger partial charge in [-0.05, 0) is 54.7 Å². The molecule has 1 amide bonds. The number of hydrogen-bond donors (Lipinski definition) is 1. The number of halogens is 1. The van der Waals surface area contributed by atoms with Crippen molar-refractivity contribution in [2.24, 2.45) is 0 Å². The third kappa shape index (κ3) is 5.24. The quantitative estimate of drug-likeness (QED) is 0.358. The minimum Gasteiger partial charge on any atom is -0.325 e. The lowest BCUT2D eigenvalue weighted by molar-refractivity contribution is -0.113. The van der Waals surface area contributed by atoms with E-state index in [-0.39, 0.29) is 17.2 Å².